The van der Waals surface area contributed by atoms with Gasteiger partial charge in [0.2, 0.25) is 0 Å². The van der Waals surface area contributed by atoms with Crippen LogP contribution < -0.4 is 5.14 Å². The standard InChI is InChI=1S/C4H7N3O2S/c5-10(8,9)7-3-1-6-2-4-7/h1-3H,4H2,(H2,5,8,9). The predicted molar refractivity (Wildman–Crippen MR) is 37.4 cm³/mol. The Morgan fingerprint density at radius 3 is 2.60 bits per heavy atom. The van der Waals surface area contributed by atoms with Crippen LogP contribution in [0.15, 0.2) is 17.4 Å². The molecule has 5 nitrogen and oxygen atoms in total. The summed E-state index contributed by atoms with van der Waals surface area (Å²) in [5, 5.41) is 4.80. The molecule has 0 aromatic carbocycles. The van der Waals surface area contributed by atoms with Crippen LogP contribution in [0.1, 0.15) is 0 Å². The van der Waals surface area contributed by atoms with E-state index >= 15 is 0 Å². The molecule has 0 aromatic heterocycles. The summed E-state index contributed by atoms with van der Waals surface area (Å²) in [6.07, 6.45) is 4.15. The lowest BCUT2D eigenvalue weighted by Crippen LogP contribution is -2.34. The third kappa shape index (κ3) is 1.55. The number of nitrogens with zero attached hydrogens (tertiary/aromatic N) is 2. The van der Waals surface area contributed by atoms with Crippen LogP contribution in [-0.2, 0) is 10.2 Å². The monoisotopic (exact) mass is 161 g/mol. The number of hydrogen-bond donors (Lipinski definition) is 1. The highest BCUT2D eigenvalue weighted by Gasteiger charge is 2.11. The number of rotatable bonds is 1. The maximum Gasteiger partial charge on any atom is 0.298 e. The zero-order valence-electron chi connectivity index (χ0n) is 5.14. The predicted octanol–water partition coefficient (Wildman–Crippen LogP) is -0.952. The van der Waals surface area contributed by atoms with E-state index in [-0.39, 0.29) is 6.54 Å². The minimum absolute atomic E-state index is 0.218. The molecule has 0 fully saturated rings. The largest absolute Gasteiger partial charge is 0.298 e. The molecule has 56 valence electrons. The van der Waals surface area contributed by atoms with Gasteiger partial charge >= 0.3 is 0 Å². The Bertz CT molecular complexity index is 266. The average molecular weight is 161 g/mol. The highest BCUT2D eigenvalue weighted by Crippen LogP contribution is 1.97. The molecule has 0 unspecified atom stereocenters. The molecule has 1 heterocycles. The van der Waals surface area contributed by atoms with Crippen molar-refractivity contribution in [3.05, 3.63) is 12.4 Å². The maximum absolute atomic E-state index is 10.6. The van der Waals surface area contributed by atoms with Gasteiger partial charge in [-0.25, -0.2) is 5.14 Å². The van der Waals surface area contributed by atoms with Crippen molar-refractivity contribution in [2.75, 3.05) is 6.54 Å². The van der Waals surface area contributed by atoms with E-state index in [9.17, 15) is 8.42 Å². The molecule has 0 atom stereocenters. The van der Waals surface area contributed by atoms with E-state index in [2.05, 4.69) is 4.99 Å². The van der Waals surface area contributed by atoms with Gasteiger partial charge in [-0.3, -0.25) is 9.30 Å². The quantitative estimate of drug-likeness (QED) is 0.538. The molecule has 10 heavy (non-hydrogen) atoms. The fourth-order valence-corrected chi connectivity index (χ4v) is 1.05. The van der Waals surface area contributed by atoms with Crippen molar-refractivity contribution in [1.29, 1.82) is 0 Å². The van der Waals surface area contributed by atoms with Crippen molar-refractivity contribution in [2.45, 2.75) is 0 Å². The second-order valence-electron chi connectivity index (χ2n) is 1.74. The number of hydrogen-bond acceptors (Lipinski definition) is 3. The summed E-state index contributed by atoms with van der Waals surface area (Å²) in [4.78, 5) is 3.67. The van der Waals surface area contributed by atoms with E-state index in [4.69, 9.17) is 5.14 Å². The molecule has 0 saturated carbocycles. The minimum atomic E-state index is -3.57. The van der Waals surface area contributed by atoms with E-state index in [1.54, 1.807) is 0 Å². The van der Waals surface area contributed by atoms with Gasteiger partial charge in [-0.2, -0.15) is 8.42 Å². The first-order valence-corrected chi connectivity index (χ1v) is 4.09. The Kier molecular flexibility index (Phi) is 1.73. The van der Waals surface area contributed by atoms with E-state index in [1.165, 1.54) is 18.6 Å². The third-order valence-corrected chi connectivity index (χ3v) is 1.94. The fourth-order valence-electron chi connectivity index (χ4n) is 0.551. The van der Waals surface area contributed by atoms with Crippen LogP contribution in [0, 0.1) is 0 Å². The molecule has 0 radical (unpaired) electrons. The summed E-state index contributed by atoms with van der Waals surface area (Å²) in [6, 6.07) is 0. The third-order valence-electron chi connectivity index (χ3n) is 1.01. The molecule has 0 amide bonds. The van der Waals surface area contributed by atoms with E-state index in [0.717, 1.165) is 4.31 Å². The van der Waals surface area contributed by atoms with Gasteiger partial charge in [-0.1, -0.05) is 0 Å². The molecule has 2 N–H and O–H groups in total. The van der Waals surface area contributed by atoms with Gasteiger partial charge in [0.25, 0.3) is 10.2 Å². The van der Waals surface area contributed by atoms with Crippen LogP contribution >= 0.6 is 0 Å². The van der Waals surface area contributed by atoms with Crippen LogP contribution in [0.3, 0.4) is 0 Å². The molecule has 0 spiro atoms. The summed E-state index contributed by atoms with van der Waals surface area (Å²) < 4.78 is 22.2. The normalized spacial score (nSPS) is 17.9. The van der Waals surface area contributed by atoms with Crippen molar-refractivity contribution < 1.29 is 8.42 Å². The lowest BCUT2D eigenvalue weighted by Gasteiger charge is -2.15. The topological polar surface area (TPSA) is 75.8 Å². The van der Waals surface area contributed by atoms with Crippen molar-refractivity contribution in [3.8, 4) is 0 Å². The van der Waals surface area contributed by atoms with Crippen molar-refractivity contribution in [3.63, 3.8) is 0 Å². The Labute approximate surface area is 59.0 Å². The molecule has 1 aliphatic heterocycles. The van der Waals surface area contributed by atoms with Crippen molar-refractivity contribution in [1.82, 2.24) is 4.31 Å². The lowest BCUT2D eigenvalue weighted by molar-refractivity contribution is 0.528. The first kappa shape index (κ1) is 7.23. The van der Waals surface area contributed by atoms with Gasteiger partial charge < -0.3 is 0 Å². The first-order valence-electron chi connectivity index (χ1n) is 2.58. The molecule has 0 aliphatic carbocycles. The summed E-state index contributed by atoms with van der Waals surface area (Å²) in [6.45, 7) is 0.218. The molecular weight excluding hydrogens is 154 g/mol. The molecule has 1 aliphatic rings. The van der Waals surface area contributed by atoms with Crippen LogP contribution in [-0.4, -0.2) is 25.5 Å². The van der Waals surface area contributed by atoms with Crippen LogP contribution in [0.25, 0.3) is 0 Å². The number of nitrogens with two attached hydrogens (primary N) is 1. The van der Waals surface area contributed by atoms with Crippen molar-refractivity contribution in [2.24, 2.45) is 10.1 Å². The highest BCUT2D eigenvalue weighted by atomic mass is 32.2. The second kappa shape index (κ2) is 2.39. The van der Waals surface area contributed by atoms with Gasteiger partial charge in [0.05, 0.1) is 6.54 Å². The smallest absolute Gasteiger partial charge is 0.266 e. The van der Waals surface area contributed by atoms with E-state index in [0.29, 0.717) is 0 Å². The Hall–Kier alpha value is -0.880. The summed E-state index contributed by atoms with van der Waals surface area (Å²) >= 11 is 0. The molecule has 1 rings (SSSR count). The van der Waals surface area contributed by atoms with Gasteiger partial charge in [0, 0.05) is 18.6 Å². The van der Waals surface area contributed by atoms with E-state index in [1.807, 2.05) is 0 Å². The molecule has 0 bridgehead atoms. The average Bonchev–Trinajstić information content (AvgIpc) is 1.88. The Balaban J connectivity index is 2.79. The van der Waals surface area contributed by atoms with Gasteiger partial charge in [-0.15, -0.1) is 0 Å². The zero-order valence-corrected chi connectivity index (χ0v) is 5.95. The van der Waals surface area contributed by atoms with Crippen LogP contribution in [0.4, 0.5) is 0 Å². The highest BCUT2D eigenvalue weighted by molar-refractivity contribution is 7.86. The summed E-state index contributed by atoms with van der Waals surface area (Å²) in [5.41, 5.74) is 0. The Morgan fingerprint density at radius 1 is 1.60 bits per heavy atom. The summed E-state index contributed by atoms with van der Waals surface area (Å²) in [7, 11) is -3.57. The van der Waals surface area contributed by atoms with Gasteiger partial charge in [0.1, 0.15) is 0 Å². The lowest BCUT2D eigenvalue weighted by atomic mass is 10.6. The number of aliphatic imine (C=N–C) groups is 1. The van der Waals surface area contributed by atoms with Crippen molar-refractivity contribution >= 4 is 16.4 Å². The van der Waals surface area contributed by atoms with E-state index < -0.39 is 10.2 Å². The summed E-state index contributed by atoms with van der Waals surface area (Å²) in [5.74, 6) is 0. The van der Waals surface area contributed by atoms with Gasteiger partial charge in [-0.05, 0) is 0 Å². The van der Waals surface area contributed by atoms with Gasteiger partial charge in [0.15, 0.2) is 0 Å². The van der Waals surface area contributed by atoms with Crippen LogP contribution in [0.2, 0.25) is 0 Å². The SMILES string of the molecule is NS(=O)(=O)N1C=CN=CC1. The fraction of sp³-hybridized carbons (Fsp3) is 0.250. The minimum Gasteiger partial charge on any atom is -0.266 e. The zero-order chi connectivity index (χ0) is 7.61. The molecular formula is C4H7N3O2S. The molecule has 6 heteroatoms. The second-order valence-corrected chi connectivity index (χ2v) is 3.24. The maximum atomic E-state index is 10.6. The first-order chi connectivity index (χ1) is 4.61. The molecule has 0 saturated heterocycles. The molecule has 0 aromatic rings. The van der Waals surface area contributed by atoms with Crippen LogP contribution in [0.5, 0.6) is 0 Å². The Morgan fingerprint density at radius 2 is 2.30 bits per heavy atom.